The molecule has 0 spiro atoms. The Labute approximate surface area is 206 Å². The van der Waals surface area contributed by atoms with Crippen LogP contribution in [0.1, 0.15) is 35.5 Å². The summed E-state index contributed by atoms with van der Waals surface area (Å²) in [5, 5.41) is 4.81. The first-order chi connectivity index (χ1) is 17.0. The van der Waals surface area contributed by atoms with Crippen LogP contribution in [0, 0.1) is 12.8 Å². The van der Waals surface area contributed by atoms with E-state index in [0.717, 1.165) is 16.9 Å². The van der Waals surface area contributed by atoms with Gasteiger partial charge in [0.25, 0.3) is 5.91 Å². The molecule has 4 aromatic rings. The first-order valence-corrected chi connectivity index (χ1v) is 11.8. The van der Waals surface area contributed by atoms with Crippen molar-refractivity contribution in [2.75, 3.05) is 13.7 Å². The number of aryl methyl sites for hydroxylation is 1. The molecule has 35 heavy (non-hydrogen) atoms. The number of hydrogen-bond acceptors (Lipinski definition) is 4. The fourth-order valence-corrected chi connectivity index (χ4v) is 3.99. The second-order valence-corrected chi connectivity index (χ2v) is 8.81. The lowest BCUT2D eigenvalue weighted by Gasteiger charge is -2.25. The number of para-hydroxylation sites is 3. The molecule has 3 aromatic carbocycles. The molecule has 1 aromatic heterocycles. The molecule has 0 bridgehead atoms. The van der Waals surface area contributed by atoms with Crippen molar-refractivity contribution in [3.63, 3.8) is 0 Å². The lowest BCUT2D eigenvalue weighted by molar-refractivity contribution is 0.0721. The van der Waals surface area contributed by atoms with E-state index in [2.05, 4.69) is 13.8 Å². The maximum atomic E-state index is 13.5. The monoisotopic (exact) mass is 469 g/mol. The molecule has 0 aliphatic rings. The largest absolute Gasteiger partial charge is 0.493 e. The zero-order valence-corrected chi connectivity index (χ0v) is 20.6. The van der Waals surface area contributed by atoms with Crippen LogP contribution in [0.5, 0.6) is 17.4 Å². The summed E-state index contributed by atoms with van der Waals surface area (Å²) < 4.78 is 13.8. The normalized spacial score (nSPS) is 10.9. The molecule has 0 saturated heterocycles. The molecule has 0 atom stereocenters. The van der Waals surface area contributed by atoms with Crippen molar-refractivity contribution in [1.29, 1.82) is 0 Å². The third-order valence-corrected chi connectivity index (χ3v) is 5.66. The standard InChI is InChI=1S/C29H31N3O3/c1-21(2)19-31(28(33)23-13-7-5-8-14-23)20-25-22(3)30-32(24-15-9-6-10-16-24)29(25)35-27-18-12-11-17-26(27)34-4/h5-18,21H,19-20H2,1-4H3. The Balaban J connectivity index is 1.79. The minimum Gasteiger partial charge on any atom is -0.493 e. The third kappa shape index (κ3) is 5.54. The fraction of sp³-hybridized carbons (Fsp3) is 0.241. The molecule has 0 N–H and O–H groups in total. The Morgan fingerprint density at radius 1 is 0.914 bits per heavy atom. The SMILES string of the molecule is COc1ccccc1Oc1c(CN(CC(C)C)C(=O)c2ccccc2)c(C)nn1-c1ccccc1. The Morgan fingerprint density at radius 3 is 2.14 bits per heavy atom. The van der Waals surface area contributed by atoms with E-state index >= 15 is 0 Å². The van der Waals surface area contributed by atoms with Gasteiger partial charge in [-0.15, -0.1) is 0 Å². The van der Waals surface area contributed by atoms with Gasteiger partial charge in [-0.05, 0) is 49.2 Å². The van der Waals surface area contributed by atoms with Gasteiger partial charge in [-0.3, -0.25) is 4.79 Å². The minimum atomic E-state index is -0.0191. The predicted octanol–water partition coefficient (Wildman–Crippen LogP) is 6.28. The van der Waals surface area contributed by atoms with Gasteiger partial charge >= 0.3 is 0 Å². The maximum absolute atomic E-state index is 13.5. The van der Waals surface area contributed by atoms with E-state index < -0.39 is 0 Å². The van der Waals surface area contributed by atoms with Crippen molar-refractivity contribution >= 4 is 5.91 Å². The highest BCUT2D eigenvalue weighted by molar-refractivity contribution is 5.94. The molecule has 1 heterocycles. The van der Waals surface area contributed by atoms with E-state index in [1.165, 1.54) is 0 Å². The molecule has 0 unspecified atom stereocenters. The Hall–Kier alpha value is -4.06. The molecule has 6 nitrogen and oxygen atoms in total. The van der Waals surface area contributed by atoms with E-state index in [9.17, 15) is 4.79 Å². The summed E-state index contributed by atoms with van der Waals surface area (Å²) >= 11 is 0. The Kier molecular flexibility index (Phi) is 7.51. The first-order valence-electron chi connectivity index (χ1n) is 11.8. The summed E-state index contributed by atoms with van der Waals surface area (Å²) in [7, 11) is 1.62. The van der Waals surface area contributed by atoms with Gasteiger partial charge in [0, 0.05) is 12.1 Å². The first kappa shape index (κ1) is 24.1. The molecule has 0 aliphatic heterocycles. The summed E-state index contributed by atoms with van der Waals surface area (Å²) in [6, 6.07) is 26.7. The zero-order valence-electron chi connectivity index (χ0n) is 20.6. The summed E-state index contributed by atoms with van der Waals surface area (Å²) in [6.07, 6.45) is 0. The fourth-order valence-electron chi connectivity index (χ4n) is 3.99. The number of aromatic nitrogens is 2. The predicted molar refractivity (Wildman–Crippen MR) is 137 cm³/mol. The number of ether oxygens (including phenoxy) is 2. The number of carbonyl (C=O) groups is 1. The van der Waals surface area contributed by atoms with Crippen molar-refractivity contribution in [2.45, 2.75) is 27.3 Å². The van der Waals surface area contributed by atoms with Crippen LogP contribution in [0.15, 0.2) is 84.9 Å². The number of amides is 1. The highest BCUT2D eigenvalue weighted by Gasteiger charge is 2.25. The van der Waals surface area contributed by atoms with Crippen molar-refractivity contribution in [3.05, 3.63) is 102 Å². The smallest absolute Gasteiger partial charge is 0.254 e. The number of benzene rings is 3. The number of methoxy groups -OCH3 is 1. The molecule has 1 amide bonds. The highest BCUT2D eigenvalue weighted by Crippen LogP contribution is 2.36. The van der Waals surface area contributed by atoms with Crippen LogP contribution in [-0.2, 0) is 6.54 Å². The van der Waals surface area contributed by atoms with Gasteiger partial charge in [0.15, 0.2) is 11.5 Å². The molecule has 4 rings (SSSR count). The number of rotatable bonds is 9. The minimum absolute atomic E-state index is 0.0191. The van der Waals surface area contributed by atoms with Gasteiger partial charge in [0.05, 0.1) is 30.6 Å². The van der Waals surface area contributed by atoms with Crippen molar-refractivity contribution < 1.29 is 14.3 Å². The van der Waals surface area contributed by atoms with Crippen LogP contribution in [0.2, 0.25) is 0 Å². The second kappa shape index (κ2) is 10.9. The van der Waals surface area contributed by atoms with Crippen LogP contribution in [-0.4, -0.2) is 34.2 Å². The van der Waals surface area contributed by atoms with E-state index in [-0.39, 0.29) is 5.91 Å². The molecular formula is C29H31N3O3. The number of hydrogen-bond donors (Lipinski definition) is 0. The zero-order chi connectivity index (χ0) is 24.8. The molecule has 0 radical (unpaired) electrons. The lowest BCUT2D eigenvalue weighted by Crippen LogP contribution is -2.34. The number of nitrogens with zero attached hydrogens (tertiary/aromatic N) is 3. The van der Waals surface area contributed by atoms with E-state index in [0.29, 0.717) is 41.9 Å². The average Bonchev–Trinajstić information content (AvgIpc) is 3.19. The van der Waals surface area contributed by atoms with E-state index in [1.54, 1.807) is 11.8 Å². The van der Waals surface area contributed by atoms with Gasteiger partial charge < -0.3 is 14.4 Å². The highest BCUT2D eigenvalue weighted by atomic mass is 16.5. The summed E-state index contributed by atoms with van der Waals surface area (Å²) in [5.74, 6) is 2.04. The summed E-state index contributed by atoms with van der Waals surface area (Å²) in [6.45, 7) is 7.15. The van der Waals surface area contributed by atoms with Crippen LogP contribution >= 0.6 is 0 Å². The van der Waals surface area contributed by atoms with Crippen LogP contribution < -0.4 is 9.47 Å². The maximum Gasteiger partial charge on any atom is 0.254 e. The molecule has 0 aliphatic carbocycles. The Bertz CT molecular complexity index is 1270. The second-order valence-electron chi connectivity index (χ2n) is 8.81. The van der Waals surface area contributed by atoms with E-state index in [1.807, 2.05) is 96.8 Å². The van der Waals surface area contributed by atoms with Gasteiger partial charge in [0.2, 0.25) is 5.88 Å². The van der Waals surface area contributed by atoms with Gasteiger partial charge in [-0.1, -0.05) is 62.4 Å². The summed E-state index contributed by atoms with van der Waals surface area (Å²) in [5.41, 5.74) is 3.18. The van der Waals surface area contributed by atoms with Gasteiger partial charge in [0.1, 0.15) is 0 Å². The molecular weight excluding hydrogens is 438 g/mol. The van der Waals surface area contributed by atoms with Crippen LogP contribution in [0.3, 0.4) is 0 Å². The van der Waals surface area contributed by atoms with Crippen molar-refractivity contribution in [3.8, 4) is 23.1 Å². The van der Waals surface area contributed by atoms with E-state index in [4.69, 9.17) is 14.6 Å². The molecule has 6 heteroatoms. The third-order valence-electron chi connectivity index (χ3n) is 5.66. The van der Waals surface area contributed by atoms with Crippen LogP contribution in [0.4, 0.5) is 0 Å². The summed E-state index contributed by atoms with van der Waals surface area (Å²) in [4.78, 5) is 15.4. The van der Waals surface area contributed by atoms with Crippen LogP contribution in [0.25, 0.3) is 5.69 Å². The number of carbonyl (C=O) groups excluding carboxylic acids is 1. The van der Waals surface area contributed by atoms with Crippen molar-refractivity contribution in [2.24, 2.45) is 5.92 Å². The van der Waals surface area contributed by atoms with Gasteiger partial charge in [-0.2, -0.15) is 5.10 Å². The quantitative estimate of drug-likeness (QED) is 0.289. The van der Waals surface area contributed by atoms with Crippen molar-refractivity contribution in [1.82, 2.24) is 14.7 Å². The Morgan fingerprint density at radius 2 is 1.51 bits per heavy atom. The molecule has 180 valence electrons. The molecule has 0 saturated carbocycles. The average molecular weight is 470 g/mol. The topological polar surface area (TPSA) is 56.6 Å². The van der Waals surface area contributed by atoms with Gasteiger partial charge in [-0.25, -0.2) is 4.68 Å². The lowest BCUT2D eigenvalue weighted by atomic mass is 10.1. The molecule has 0 fully saturated rings.